The number of hydrogen-bond donors (Lipinski definition) is 0. The average molecular weight is 290 g/mol. The van der Waals surface area contributed by atoms with Crippen molar-refractivity contribution >= 4 is 28.1 Å². The Morgan fingerprint density at radius 2 is 1.69 bits per heavy atom. The van der Waals surface area contributed by atoms with Gasteiger partial charge >= 0.3 is 92.5 Å². The van der Waals surface area contributed by atoms with E-state index in [-0.39, 0.29) is 9.25 Å². The van der Waals surface area contributed by atoms with Gasteiger partial charge in [0.2, 0.25) is 0 Å². The molecule has 0 aromatic heterocycles. The van der Waals surface area contributed by atoms with Crippen LogP contribution in [0.1, 0.15) is 36.7 Å². The average Bonchev–Trinajstić information content (AvgIpc) is 2.03. The first-order valence-corrected chi connectivity index (χ1v) is 5.53. The number of hydrogen-bond acceptors (Lipinski definition) is 1. The van der Waals surface area contributed by atoms with Crippen LogP contribution in [-0.4, -0.2) is 28.1 Å². The molecule has 1 aromatic rings. The topological polar surface area (TPSA) is 17.1 Å². The van der Waals surface area contributed by atoms with Gasteiger partial charge in [0.05, 0.1) is 0 Å². The molecule has 1 aromatic carbocycles. The molecule has 0 aliphatic heterocycles. The van der Waals surface area contributed by atoms with E-state index in [1.54, 1.807) is 29.2 Å². The van der Waals surface area contributed by atoms with Crippen molar-refractivity contribution in [3.05, 3.63) is 35.4 Å². The molecule has 0 unspecified atom stereocenters. The number of ketones is 1. The van der Waals surface area contributed by atoms with Crippen molar-refractivity contribution in [1.29, 1.82) is 0 Å². The summed E-state index contributed by atoms with van der Waals surface area (Å²) in [5, 5.41) is 0. The van der Waals surface area contributed by atoms with Crippen LogP contribution < -0.4 is 0 Å². The van der Waals surface area contributed by atoms with E-state index in [0.29, 0.717) is 0 Å². The van der Waals surface area contributed by atoms with E-state index in [2.05, 4.69) is 13.8 Å². The van der Waals surface area contributed by atoms with Crippen molar-refractivity contribution in [3.63, 3.8) is 0 Å². The van der Waals surface area contributed by atoms with Crippen LogP contribution in [0.5, 0.6) is 0 Å². The Kier molecular flexibility index (Phi) is 3.16. The van der Waals surface area contributed by atoms with Gasteiger partial charge in [0.1, 0.15) is 0 Å². The Hall–Kier alpha value is -0.320. The summed E-state index contributed by atoms with van der Waals surface area (Å²) in [4.78, 5) is 11.0. The van der Waals surface area contributed by atoms with E-state index in [9.17, 15) is 4.79 Å². The first-order chi connectivity index (χ1) is 5.91. The fraction of sp³-hybridized carbons (Fsp3) is 0.364. The van der Waals surface area contributed by atoms with Crippen LogP contribution in [0.25, 0.3) is 0 Å². The summed E-state index contributed by atoms with van der Waals surface area (Å²) in [5.74, 6) is 0.130. The minimum atomic E-state index is 0.130. The SMILES string of the molecule is CC(=O)c1ccc(C(C)(C)[TeH])cc1. The molecule has 0 fully saturated rings. The zero-order valence-corrected chi connectivity index (χ0v) is 10.7. The summed E-state index contributed by atoms with van der Waals surface area (Å²) >= 11 is 1.79. The molecule has 0 heterocycles. The molecular formula is C11H14OTe. The Morgan fingerprint density at radius 1 is 1.23 bits per heavy atom. The van der Waals surface area contributed by atoms with Crippen LogP contribution in [0.2, 0.25) is 0 Å². The summed E-state index contributed by atoms with van der Waals surface area (Å²) in [6.07, 6.45) is 0. The van der Waals surface area contributed by atoms with E-state index < -0.39 is 0 Å². The van der Waals surface area contributed by atoms with E-state index in [1.165, 1.54) is 5.56 Å². The third-order valence-electron chi connectivity index (χ3n) is 2.00. The van der Waals surface area contributed by atoms with Gasteiger partial charge in [-0.15, -0.1) is 0 Å². The molecular weight excluding hydrogens is 276 g/mol. The van der Waals surface area contributed by atoms with Gasteiger partial charge in [-0.3, -0.25) is 0 Å². The van der Waals surface area contributed by atoms with Crippen molar-refractivity contribution < 1.29 is 4.79 Å². The van der Waals surface area contributed by atoms with E-state index in [4.69, 9.17) is 0 Å². The number of carbonyl (C=O) groups is 1. The van der Waals surface area contributed by atoms with Gasteiger partial charge in [0, 0.05) is 0 Å². The number of carbonyl (C=O) groups excluding carboxylic acids is 1. The second-order valence-corrected chi connectivity index (χ2v) is 6.88. The molecule has 0 aliphatic carbocycles. The van der Waals surface area contributed by atoms with Gasteiger partial charge in [-0.1, -0.05) is 0 Å². The number of benzene rings is 1. The molecule has 0 aliphatic rings. The molecule has 0 saturated heterocycles. The van der Waals surface area contributed by atoms with Crippen LogP contribution in [0, 0.1) is 0 Å². The summed E-state index contributed by atoms with van der Waals surface area (Å²) in [7, 11) is 0. The summed E-state index contributed by atoms with van der Waals surface area (Å²) in [5.41, 5.74) is 2.07. The van der Waals surface area contributed by atoms with Crippen molar-refractivity contribution in [2.75, 3.05) is 0 Å². The zero-order valence-electron chi connectivity index (χ0n) is 8.16. The van der Waals surface area contributed by atoms with Gasteiger partial charge in [-0.25, -0.2) is 0 Å². The molecule has 0 atom stereocenters. The maximum absolute atomic E-state index is 11.0. The normalized spacial score (nSPS) is 11.4. The predicted octanol–water partition coefficient (Wildman–Crippen LogP) is 2.03. The van der Waals surface area contributed by atoms with Crippen LogP contribution in [0.3, 0.4) is 0 Å². The molecule has 2 heteroatoms. The summed E-state index contributed by atoms with van der Waals surface area (Å²) in [6.45, 7) is 5.96. The molecule has 13 heavy (non-hydrogen) atoms. The van der Waals surface area contributed by atoms with Gasteiger partial charge in [-0.05, 0) is 0 Å². The molecule has 0 radical (unpaired) electrons. The molecule has 1 nitrogen and oxygen atoms in total. The van der Waals surface area contributed by atoms with Crippen molar-refractivity contribution in [2.45, 2.75) is 24.2 Å². The van der Waals surface area contributed by atoms with Crippen LogP contribution >= 0.6 is 0 Å². The maximum atomic E-state index is 11.0. The molecule has 0 bridgehead atoms. The Bertz CT molecular complexity index is 306. The predicted molar refractivity (Wildman–Crippen MR) is 56.6 cm³/mol. The second kappa shape index (κ2) is 3.82. The minimum absolute atomic E-state index is 0.130. The molecule has 1 rings (SSSR count). The molecule has 0 spiro atoms. The standard InChI is InChI=1S/C11H14OTe/c1-8(12)9-4-6-10(7-5-9)11(2,3)13/h4-7,13H,1-3H3. The van der Waals surface area contributed by atoms with Crippen molar-refractivity contribution in [1.82, 2.24) is 0 Å². The van der Waals surface area contributed by atoms with Crippen LogP contribution in [0.15, 0.2) is 24.3 Å². The number of rotatable bonds is 2. The Labute approximate surface area is 92.4 Å². The van der Waals surface area contributed by atoms with Gasteiger partial charge in [0.25, 0.3) is 0 Å². The van der Waals surface area contributed by atoms with Gasteiger partial charge < -0.3 is 0 Å². The van der Waals surface area contributed by atoms with Crippen LogP contribution in [0.4, 0.5) is 0 Å². The van der Waals surface area contributed by atoms with E-state index >= 15 is 0 Å². The van der Waals surface area contributed by atoms with Crippen molar-refractivity contribution in [2.24, 2.45) is 0 Å². The first kappa shape index (κ1) is 10.8. The fourth-order valence-electron chi connectivity index (χ4n) is 1.11. The summed E-state index contributed by atoms with van der Waals surface area (Å²) in [6, 6.07) is 7.87. The van der Waals surface area contributed by atoms with Gasteiger partial charge in [-0.2, -0.15) is 0 Å². The van der Waals surface area contributed by atoms with E-state index in [0.717, 1.165) is 5.56 Å². The van der Waals surface area contributed by atoms with Gasteiger partial charge in [0.15, 0.2) is 0 Å². The first-order valence-electron chi connectivity index (χ1n) is 4.25. The summed E-state index contributed by atoms with van der Waals surface area (Å²) < 4.78 is 0.212. The Balaban J connectivity index is 3.01. The second-order valence-electron chi connectivity index (χ2n) is 3.69. The quantitative estimate of drug-likeness (QED) is 0.601. The molecule has 70 valence electrons. The fourth-order valence-corrected chi connectivity index (χ4v) is 1.54. The molecule has 0 saturated carbocycles. The monoisotopic (exact) mass is 292 g/mol. The molecule has 0 amide bonds. The zero-order chi connectivity index (χ0) is 10.1. The Morgan fingerprint density at radius 3 is 2.00 bits per heavy atom. The van der Waals surface area contributed by atoms with Crippen LogP contribution in [-0.2, 0) is 3.46 Å². The third-order valence-corrected chi connectivity index (χ3v) is 2.73. The molecule has 0 N–H and O–H groups in total. The van der Waals surface area contributed by atoms with E-state index in [1.807, 2.05) is 24.3 Å². The van der Waals surface area contributed by atoms with Crippen molar-refractivity contribution in [3.8, 4) is 0 Å². The third kappa shape index (κ3) is 2.83. The number of Topliss-reactive ketones (excluding diaryl/α,β-unsaturated/α-hetero) is 1.